The van der Waals surface area contributed by atoms with E-state index in [0.29, 0.717) is 6.54 Å². The van der Waals surface area contributed by atoms with Crippen molar-refractivity contribution in [3.63, 3.8) is 0 Å². The Kier molecular flexibility index (Phi) is 6.42. The van der Waals surface area contributed by atoms with E-state index in [0.717, 1.165) is 32.5 Å². The highest BCUT2D eigenvalue weighted by molar-refractivity contribution is 5.78. The van der Waals surface area contributed by atoms with Gasteiger partial charge in [-0.25, -0.2) is 0 Å². The fraction of sp³-hybridized carbons (Fsp3) is 0.917. The van der Waals surface area contributed by atoms with Gasteiger partial charge in [0.15, 0.2) is 0 Å². The predicted octanol–water partition coefficient (Wildman–Crippen LogP) is 1.01. The van der Waals surface area contributed by atoms with E-state index in [9.17, 15) is 4.79 Å². The average Bonchev–Trinajstić information content (AvgIpc) is 2.57. The molecule has 0 aliphatic carbocycles. The highest BCUT2D eigenvalue weighted by Gasteiger charge is 2.14. The van der Waals surface area contributed by atoms with Crippen molar-refractivity contribution in [2.75, 3.05) is 33.3 Å². The smallest absolute Gasteiger partial charge is 0.236 e. The van der Waals surface area contributed by atoms with Crippen LogP contribution in [0.5, 0.6) is 0 Å². The highest BCUT2D eigenvalue weighted by atomic mass is 16.5. The van der Waals surface area contributed by atoms with Gasteiger partial charge in [0.25, 0.3) is 0 Å². The van der Waals surface area contributed by atoms with Gasteiger partial charge in [0.05, 0.1) is 12.6 Å². The molecule has 1 N–H and O–H groups in total. The van der Waals surface area contributed by atoms with Gasteiger partial charge in [-0.2, -0.15) is 0 Å². The van der Waals surface area contributed by atoms with Gasteiger partial charge in [-0.15, -0.1) is 0 Å². The average molecular weight is 228 g/mol. The van der Waals surface area contributed by atoms with Crippen molar-refractivity contribution in [2.24, 2.45) is 0 Å². The predicted molar refractivity (Wildman–Crippen MR) is 64.4 cm³/mol. The molecule has 94 valence electrons. The van der Waals surface area contributed by atoms with Crippen LogP contribution in [0.4, 0.5) is 0 Å². The third-order valence-electron chi connectivity index (χ3n) is 3.07. The number of carbonyl (C=O) groups is 1. The number of carbonyl (C=O) groups excluding carboxylic acids is 1. The maximum Gasteiger partial charge on any atom is 0.236 e. The molecule has 0 aromatic carbocycles. The molecule has 1 fully saturated rings. The van der Waals surface area contributed by atoms with Crippen LogP contribution in [0.3, 0.4) is 0 Å². The lowest BCUT2D eigenvalue weighted by atomic mass is 10.2. The Balaban J connectivity index is 2.17. The molecule has 0 aromatic heterocycles. The maximum absolute atomic E-state index is 11.8. The summed E-state index contributed by atoms with van der Waals surface area (Å²) in [5.74, 6) is 0.227. The standard InChI is InChI=1S/C12H24N2O2/c1-11(16-2)9-13-10-12(15)14-7-5-3-4-6-8-14/h11,13H,3-10H2,1-2H3. The topological polar surface area (TPSA) is 41.6 Å². The lowest BCUT2D eigenvalue weighted by Gasteiger charge is -2.21. The SMILES string of the molecule is COC(C)CNCC(=O)N1CCCCCC1. The summed E-state index contributed by atoms with van der Waals surface area (Å²) in [5, 5.41) is 3.14. The van der Waals surface area contributed by atoms with Crippen LogP contribution in [0.2, 0.25) is 0 Å². The molecule has 0 aromatic rings. The van der Waals surface area contributed by atoms with E-state index in [-0.39, 0.29) is 12.0 Å². The molecule has 1 saturated heterocycles. The lowest BCUT2D eigenvalue weighted by Crippen LogP contribution is -2.40. The number of nitrogens with zero attached hydrogens (tertiary/aromatic N) is 1. The fourth-order valence-electron chi connectivity index (χ4n) is 1.90. The summed E-state index contributed by atoms with van der Waals surface area (Å²) in [6, 6.07) is 0. The van der Waals surface area contributed by atoms with Crippen LogP contribution in [-0.2, 0) is 9.53 Å². The third-order valence-corrected chi connectivity index (χ3v) is 3.07. The van der Waals surface area contributed by atoms with Crippen LogP contribution < -0.4 is 5.32 Å². The lowest BCUT2D eigenvalue weighted by molar-refractivity contribution is -0.130. The van der Waals surface area contributed by atoms with Gasteiger partial charge >= 0.3 is 0 Å². The quantitative estimate of drug-likeness (QED) is 0.763. The molecule has 0 saturated carbocycles. The van der Waals surface area contributed by atoms with Gasteiger partial charge in [0, 0.05) is 26.7 Å². The fourth-order valence-corrected chi connectivity index (χ4v) is 1.90. The molecule has 16 heavy (non-hydrogen) atoms. The van der Waals surface area contributed by atoms with Crippen molar-refractivity contribution >= 4 is 5.91 Å². The molecule has 4 nitrogen and oxygen atoms in total. The minimum absolute atomic E-state index is 0.164. The first kappa shape index (κ1) is 13.5. The Bertz CT molecular complexity index is 201. The summed E-state index contributed by atoms with van der Waals surface area (Å²) in [7, 11) is 1.68. The molecule has 1 heterocycles. The van der Waals surface area contributed by atoms with E-state index < -0.39 is 0 Å². The van der Waals surface area contributed by atoms with E-state index in [4.69, 9.17) is 4.74 Å². The van der Waals surface area contributed by atoms with Gasteiger partial charge in [0.2, 0.25) is 5.91 Å². The summed E-state index contributed by atoms with van der Waals surface area (Å²) in [4.78, 5) is 13.8. The van der Waals surface area contributed by atoms with E-state index >= 15 is 0 Å². The number of likely N-dealkylation sites (tertiary alicyclic amines) is 1. The van der Waals surface area contributed by atoms with Gasteiger partial charge in [-0.1, -0.05) is 12.8 Å². The molecule has 0 spiro atoms. The third kappa shape index (κ3) is 4.94. The molecule has 1 aliphatic heterocycles. The highest BCUT2D eigenvalue weighted by Crippen LogP contribution is 2.09. The van der Waals surface area contributed by atoms with Crippen LogP contribution in [0.1, 0.15) is 32.6 Å². The minimum Gasteiger partial charge on any atom is -0.380 e. The molecular weight excluding hydrogens is 204 g/mol. The second-order valence-corrected chi connectivity index (χ2v) is 4.47. The van der Waals surface area contributed by atoms with E-state index in [2.05, 4.69) is 5.32 Å². The number of hydrogen-bond acceptors (Lipinski definition) is 3. The summed E-state index contributed by atoms with van der Waals surface area (Å²) in [6.07, 6.45) is 4.99. The van der Waals surface area contributed by atoms with Gasteiger partial charge in [0.1, 0.15) is 0 Å². The Hall–Kier alpha value is -0.610. The second-order valence-electron chi connectivity index (χ2n) is 4.47. The second kappa shape index (κ2) is 7.63. The molecule has 1 atom stereocenters. The first-order chi connectivity index (χ1) is 7.74. The summed E-state index contributed by atoms with van der Waals surface area (Å²) < 4.78 is 5.11. The zero-order valence-corrected chi connectivity index (χ0v) is 10.5. The number of nitrogens with one attached hydrogen (secondary N) is 1. The summed E-state index contributed by atoms with van der Waals surface area (Å²) >= 11 is 0. The molecule has 1 unspecified atom stereocenters. The van der Waals surface area contributed by atoms with Crippen LogP contribution in [0, 0.1) is 0 Å². The van der Waals surface area contributed by atoms with Gasteiger partial charge in [-0.3, -0.25) is 4.79 Å². The molecule has 4 heteroatoms. The van der Waals surface area contributed by atoms with Crippen LogP contribution in [-0.4, -0.2) is 50.2 Å². The van der Waals surface area contributed by atoms with Gasteiger partial charge < -0.3 is 15.0 Å². The number of methoxy groups -OCH3 is 1. The largest absolute Gasteiger partial charge is 0.380 e. The molecule has 1 rings (SSSR count). The first-order valence-corrected chi connectivity index (χ1v) is 6.25. The molecule has 0 bridgehead atoms. The van der Waals surface area contributed by atoms with E-state index in [1.165, 1.54) is 12.8 Å². The Morgan fingerprint density at radius 1 is 1.31 bits per heavy atom. The zero-order chi connectivity index (χ0) is 11.8. The Morgan fingerprint density at radius 3 is 2.50 bits per heavy atom. The molecule has 1 aliphatic rings. The van der Waals surface area contributed by atoms with Gasteiger partial charge in [-0.05, 0) is 19.8 Å². The van der Waals surface area contributed by atoms with Crippen molar-refractivity contribution in [2.45, 2.75) is 38.7 Å². The number of hydrogen-bond donors (Lipinski definition) is 1. The number of rotatable bonds is 5. The van der Waals surface area contributed by atoms with Crippen molar-refractivity contribution < 1.29 is 9.53 Å². The van der Waals surface area contributed by atoms with Crippen LogP contribution >= 0.6 is 0 Å². The van der Waals surface area contributed by atoms with Crippen molar-refractivity contribution in [1.29, 1.82) is 0 Å². The zero-order valence-electron chi connectivity index (χ0n) is 10.5. The van der Waals surface area contributed by atoms with Crippen molar-refractivity contribution in [1.82, 2.24) is 10.2 Å². The summed E-state index contributed by atoms with van der Waals surface area (Å²) in [5.41, 5.74) is 0. The maximum atomic E-state index is 11.8. The Labute approximate surface area is 98.3 Å². The summed E-state index contributed by atoms with van der Waals surface area (Å²) in [6.45, 7) is 5.02. The number of ether oxygens (including phenoxy) is 1. The molecular formula is C12H24N2O2. The molecule has 0 radical (unpaired) electrons. The normalized spacial score (nSPS) is 19.2. The minimum atomic E-state index is 0.164. The van der Waals surface area contributed by atoms with Crippen LogP contribution in [0.15, 0.2) is 0 Å². The first-order valence-electron chi connectivity index (χ1n) is 6.25. The van der Waals surface area contributed by atoms with Crippen molar-refractivity contribution in [3.05, 3.63) is 0 Å². The van der Waals surface area contributed by atoms with E-state index in [1.54, 1.807) is 7.11 Å². The van der Waals surface area contributed by atoms with E-state index in [1.807, 2.05) is 11.8 Å². The molecule has 1 amide bonds. The van der Waals surface area contributed by atoms with Crippen molar-refractivity contribution in [3.8, 4) is 0 Å². The monoisotopic (exact) mass is 228 g/mol. The Morgan fingerprint density at radius 2 is 1.94 bits per heavy atom. The number of amides is 1. The van der Waals surface area contributed by atoms with Crippen LogP contribution in [0.25, 0.3) is 0 Å².